The fraction of sp³-hybridized carbons (Fsp3) is 0.368. The van der Waals surface area contributed by atoms with E-state index in [9.17, 15) is 18.3 Å². The van der Waals surface area contributed by atoms with Gasteiger partial charge in [0.1, 0.15) is 5.82 Å². The molecule has 0 heterocycles. The van der Waals surface area contributed by atoms with Gasteiger partial charge in [0.15, 0.2) is 11.6 Å². The molecule has 3 nitrogen and oxygen atoms in total. The van der Waals surface area contributed by atoms with Crippen molar-refractivity contribution >= 4 is 0 Å². The molecular formula is C19H20F3NO2. The maximum absolute atomic E-state index is 14.2. The average molecular weight is 351 g/mol. The van der Waals surface area contributed by atoms with E-state index in [1.165, 1.54) is 12.1 Å². The third kappa shape index (κ3) is 3.56. The molecule has 1 fully saturated rings. The van der Waals surface area contributed by atoms with Crippen molar-refractivity contribution in [3.05, 3.63) is 71.0 Å². The molecule has 0 aromatic heterocycles. The first-order valence-electron chi connectivity index (χ1n) is 8.14. The molecule has 1 aliphatic carbocycles. The predicted molar refractivity (Wildman–Crippen MR) is 87.0 cm³/mol. The van der Waals surface area contributed by atoms with E-state index >= 15 is 0 Å². The van der Waals surface area contributed by atoms with Crippen LogP contribution in [0.15, 0.2) is 42.5 Å². The minimum absolute atomic E-state index is 0.0906. The van der Waals surface area contributed by atoms with Crippen molar-refractivity contribution in [3.63, 3.8) is 0 Å². The number of hydrogen-bond donors (Lipinski definition) is 2. The Morgan fingerprint density at radius 2 is 1.84 bits per heavy atom. The van der Waals surface area contributed by atoms with Crippen molar-refractivity contribution < 1.29 is 23.0 Å². The molecule has 6 heteroatoms. The Labute approximate surface area is 144 Å². The van der Waals surface area contributed by atoms with E-state index in [0.717, 1.165) is 12.1 Å². The Morgan fingerprint density at radius 3 is 2.52 bits per heavy atom. The predicted octanol–water partition coefficient (Wildman–Crippen LogP) is 3.25. The summed E-state index contributed by atoms with van der Waals surface area (Å²) in [6.07, 6.45) is 0.489. The number of aliphatic hydroxyl groups is 1. The number of nitrogens with two attached hydrogens (primary N) is 1. The summed E-state index contributed by atoms with van der Waals surface area (Å²) in [5, 5.41) is 9.67. The molecule has 0 bridgehead atoms. The molecule has 0 saturated heterocycles. The molecule has 3 rings (SSSR count). The summed E-state index contributed by atoms with van der Waals surface area (Å²) in [4.78, 5) is 0. The highest BCUT2D eigenvalue weighted by molar-refractivity contribution is 5.29. The van der Waals surface area contributed by atoms with Crippen molar-refractivity contribution in [1.29, 1.82) is 0 Å². The van der Waals surface area contributed by atoms with Crippen LogP contribution in [-0.2, 0) is 16.9 Å². The van der Waals surface area contributed by atoms with Crippen LogP contribution in [0.25, 0.3) is 0 Å². The number of aliphatic hydroxyl groups excluding tert-OH is 1. The smallest absolute Gasteiger partial charge is 0.159 e. The molecule has 3 N–H and O–H groups in total. The first-order valence-corrected chi connectivity index (χ1v) is 8.14. The molecule has 25 heavy (non-hydrogen) atoms. The summed E-state index contributed by atoms with van der Waals surface area (Å²) in [6.45, 7) is -0.0940. The van der Waals surface area contributed by atoms with Crippen LogP contribution in [0.1, 0.15) is 24.0 Å². The van der Waals surface area contributed by atoms with Crippen LogP contribution in [0.4, 0.5) is 13.2 Å². The third-order valence-electron chi connectivity index (χ3n) is 4.91. The van der Waals surface area contributed by atoms with Crippen molar-refractivity contribution in [3.8, 4) is 0 Å². The molecule has 0 aliphatic heterocycles. The summed E-state index contributed by atoms with van der Waals surface area (Å²) in [5.74, 6) is -2.60. The van der Waals surface area contributed by atoms with E-state index < -0.39 is 23.0 Å². The second kappa shape index (κ2) is 7.15. The first kappa shape index (κ1) is 17.9. The van der Waals surface area contributed by atoms with Gasteiger partial charge >= 0.3 is 0 Å². The molecule has 0 radical (unpaired) electrons. The Morgan fingerprint density at radius 1 is 1.08 bits per heavy atom. The zero-order valence-electron chi connectivity index (χ0n) is 13.6. The fourth-order valence-electron chi connectivity index (χ4n) is 3.53. The van der Waals surface area contributed by atoms with Crippen molar-refractivity contribution in [2.24, 2.45) is 11.7 Å². The van der Waals surface area contributed by atoms with Crippen LogP contribution in [0.3, 0.4) is 0 Å². The Hall–Kier alpha value is -1.89. The monoisotopic (exact) mass is 351 g/mol. The van der Waals surface area contributed by atoms with Crippen LogP contribution in [-0.4, -0.2) is 17.8 Å². The second-order valence-corrected chi connectivity index (χ2v) is 6.52. The van der Waals surface area contributed by atoms with Gasteiger partial charge in [0.2, 0.25) is 0 Å². The zero-order chi connectivity index (χ0) is 18.0. The molecule has 3 atom stereocenters. The molecule has 0 spiro atoms. The Bertz CT molecular complexity index is 755. The molecule has 1 saturated carbocycles. The quantitative estimate of drug-likeness (QED) is 0.869. The lowest BCUT2D eigenvalue weighted by Crippen LogP contribution is -2.43. The molecular weight excluding hydrogens is 331 g/mol. The first-order chi connectivity index (χ1) is 11.9. The van der Waals surface area contributed by atoms with Gasteiger partial charge in [-0.2, -0.15) is 0 Å². The SMILES string of the molecule is NC1(c2ccccc2F)C[C@@H](OCc2ccc(F)c(F)c2)C[C@H]1CO. The Balaban J connectivity index is 1.73. The van der Waals surface area contributed by atoms with E-state index in [0.29, 0.717) is 24.0 Å². The highest BCUT2D eigenvalue weighted by Gasteiger charge is 2.47. The van der Waals surface area contributed by atoms with Gasteiger partial charge in [-0.15, -0.1) is 0 Å². The summed E-state index contributed by atoms with van der Waals surface area (Å²) in [5.41, 5.74) is 6.28. The minimum atomic E-state index is -1.03. The lowest BCUT2D eigenvalue weighted by Gasteiger charge is -2.31. The molecule has 1 unspecified atom stereocenters. The summed E-state index contributed by atoms with van der Waals surface area (Å²) in [6, 6.07) is 9.83. The minimum Gasteiger partial charge on any atom is -0.396 e. The van der Waals surface area contributed by atoms with Gasteiger partial charge in [0.25, 0.3) is 0 Å². The van der Waals surface area contributed by atoms with Gasteiger partial charge in [0, 0.05) is 18.1 Å². The number of halogens is 3. The van der Waals surface area contributed by atoms with Gasteiger partial charge in [-0.1, -0.05) is 24.3 Å². The summed E-state index contributed by atoms with van der Waals surface area (Å²) < 4.78 is 46.2. The van der Waals surface area contributed by atoms with Crippen molar-refractivity contribution in [2.45, 2.75) is 31.1 Å². The van der Waals surface area contributed by atoms with Crippen LogP contribution in [0.2, 0.25) is 0 Å². The van der Waals surface area contributed by atoms with Gasteiger partial charge in [-0.25, -0.2) is 13.2 Å². The van der Waals surface area contributed by atoms with E-state index in [1.54, 1.807) is 18.2 Å². The standard InChI is InChI=1S/C19H20F3NO2/c20-16-4-2-1-3-15(16)19(23)9-14(8-13(19)10-24)25-11-12-5-6-17(21)18(22)7-12/h1-7,13-14,24H,8-11,23H2/t13-,14-,19?/m0/s1. The second-order valence-electron chi connectivity index (χ2n) is 6.52. The number of rotatable bonds is 5. The van der Waals surface area contributed by atoms with Gasteiger partial charge in [-0.3, -0.25) is 0 Å². The van der Waals surface area contributed by atoms with Crippen LogP contribution in [0, 0.1) is 23.4 Å². The van der Waals surface area contributed by atoms with Gasteiger partial charge in [0.05, 0.1) is 18.2 Å². The largest absolute Gasteiger partial charge is 0.396 e. The lowest BCUT2D eigenvalue weighted by atomic mass is 9.81. The topological polar surface area (TPSA) is 55.5 Å². The van der Waals surface area contributed by atoms with Crippen LogP contribution < -0.4 is 5.73 Å². The van der Waals surface area contributed by atoms with Gasteiger partial charge in [-0.05, 0) is 36.6 Å². The summed E-state index contributed by atoms with van der Waals surface area (Å²) in [7, 11) is 0. The lowest BCUT2D eigenvalue weighted by molar-refractivity contribution is 0.0390. The molecule has 134 valence electrons. The van der Waals surface area contributed by atoms with Crippen molar-refractivity contribution in [1.82, 2.24) is 0 Å². The normalized spacial score (nSPS) is 26.1. The number of benzene rings is 2. The highest BCUT2D eigenvalue weighted by Crippen LogP contribution is 2.43. The van der Waals surface area contributed by atoms with Crippen molar-refractivity contribution in [2.75, 3.05) is 6.61 Å². The maximum Gasteiger partial charge on any atom is 0.159 e. The van der Waals surface area contributed by atoms with E-state index in [-0.39, 0.29) is 25.2 Å². The Kier molecular flexibility index (Phi) is 5.13. The molecule has 0 amide bonds. The highest BCUT2D eigenvalue weighted by atomic mass is 19.2. The summed E-state index contributed by atoms with van der Waals surface area (Å²) >= 11 is 0. The van der Waals surface area contributed by atoms with Crippen LogP contribution >= 0.6 is 0 Å². The average Bonchev–Trinajstić information content (AvgIpc) is 2.93. The van der Waals surface area contributed by atoms with Crippen LogP contribution in [0.5, 0.6) is 0 Å². The van der Waals surface area contributed by atoms with Gasteiger partial charge < -0.3 is 15.6 Å². The molecule has 2 aromatic carbocycles. The number of ether oxygens (including phenoxy) is 1. The van der Waals surface area contributed by atoms with E-state index in [1.807, 2.05) is 0 Å². The molecule has 2 aromatic rings. The molecule has 1 aliphatic rings. The maximum atomic E-state index is 14.2. The third-order valence-corrected chi connectivity index (χ3v) is 4.91. The van der Waals surface area contributed by atoms with E-state index in [2.05, 4.69) is 0 Å². The number of hydrogen-bond acceptors (Lipinski definition) is 3. The zero-order valence-corrected chi connectivity index (χ0v) is 13.6. The fourth-order valence-corrected chi connectivity index (χ4v) is 3.53. The van der Waals surface area contributed by atoms with E-state index in [4.69, 9.17) is 10.5 Å².